The SMILES string of the molecule is C=CCOC(=O)O/C=C(/O[Si](C)(C)C(C)(C)C)c1ccccc1. The van der Waals surface area contributed by atoms with E-state index in [-0.39, 0.29) is 11.6 Å². The van der Waals surface area contributed by atoms with Crippen LogP contribution in [-0.4, -0.2) is 21.1 Å². The smallest absolute Gasteiger partial charge is 0.513 e. The molecular formula is C18H26O4Si. The number of carbonyl (C=O) groups is 1. The predicted molar refractivity (Wildman–Crippen MR) is 95.3 cm³/mol. The maximum Gasteiger partial charge on any atom is 0.513 e. The molecule has 0 fully saturated rings. The van der Waals surface area contributed by atoms with Crippen LogP contribution in [0.4, 0.5) is 4.79 Å². The van der Waals surface area contributed by atoms with Gasteiger partial charge in [0, 0.05) is 5.56 Å². The molecule has 0 heterocycles. The molecule has 0 saturated carbocycles. The van der Waals surface area contributed by atoms with Crippen LogP contribution in [0.2, 0.25) is 18.1 Å². The molecule has 1 aromatic carbocycles. The van der Waals surface area contributed by atoms with Crippen molar-refractivity contribution in [3.63, 3.8) is 0 Å². The van der Waals surface area contributed by atoms with Crippen LogP contribution in [0.1, 0.15) is 26.3 Å². The van der Waals surface area contributed by atoms with Crippen molar-refractivity contribution in [1.82, 2.24) is 0 Å². The Hall–Kier alpha value is -2.01. The summed E-state index contributed by atoms with van der Waals surface area (Å²) in [5.74, 6) is 0.535. The van der Waals surface area contributed by atoms with Crippen LogP contribution < -0.4 is 0 Å². The second-order valence-electron chi connectivity index (χ2n) is 6.68. The number of ether oxygens (including phenoxy) is 2. The molecule has 0 unspecified atom stereocenters. The molecule has 23 heavy (non-hydrogen) atoms. The summed E-state index contributed by atoms with van der Waals surface area (Å²) in [4.78, 5) is 11.5. The monoisotopic (exact) mass is 334 g/mol. The molecule has 0 radical (unpaired) electrons. The average Bonchev–Trinajstić information content (AvgIpc) is 2.49. The van der Waals surface area contributed by atoms with Gasteiger partial charge in [0.15, 0.2) is 0 Å². The first-order chi connectivity index (χ1) is 10.7. The van der Waals surface area contributed by atoms with E-state index in [2.05, 4.69) is 40.4 Å². The third kappa shape index (κ3) is 5.94. The van der Waals surface area contributed by atoms with E-state index in [4.69, 9.17) is 13.9 Å². The van der Waals surface area contributed by atoms with Crippen LogP contribution in [0.3, 0.4) is 0 Å². The quantitative estimate of drug-likeness (QED) is 0.304. The molecule has 5 heteroatoms. The lowest BCUT2D eigenvalue weighted by Gasteiger charge is -2.37. The third-order valence-corrected chi connectivity index (χ3v) is 8.15. The molecule has 0 saturated heterocycles. The Labute approximate surface area is 139 Å². The Kier molecular flexibility index (Phi) is 6.63. The van der Waals surface area contributed by atoms with Gasteiger partial charge in [0.2, 0.25) is 0 Å². The summed E-state index contributed by atoms with van der Waals surface area (Å²) < 4.78 is 16.1. The van der Waals surface area contributed by atoms with Crippen LogP contribution in [-0.2, 0) is 13.9 Å². The Morgan fingerprint density at radius 1 is 1.22 bits per heavy atom. The van der Waals surface area contributed by atoms with Crippen LogP contribution in [0.15, 0.2) is 49.2 Å². The lowest BCUT2D eigenvalue weighted by Crippen LogP contribution is -2.40. The molecule has 0 spiro atoms. The molecule has 0 bridgehead atoms. The molecule has 0 aliphatic rings. The fourth-order valence-electron chi connectivity index (χ4n) is 1.44. The van der Waals surface area contributed by atoms with Crippen molar-refractivity contribution in [3.8, 4) is 0 Å². The maximum absolute atomic E-state index is 11.5. The van der Waals surface area contributed by atoms with E-state index in [1.807, 2.05) is 30.3 Å². The van der Waals surface area contributed by atoms with E-state index in [0.717, 1.165) is 5.56 Å². The van der Waals surface area contributed by atoms with Gasteiger partial charge in [-0.3, -0.25) is 0 Å². The number of benzene rings is 1. The molecule has 0 aliphatic heterocycles. The van der Waals surface area contributed by atoms with Gasteiger partial charge in [0.1, 0.15) is 18.6 Å². The molecule has 0 amide bonds. The van der Waals surface area contributed by atoms with E-state index < -0.39 is 14.5 Å². The molecule has 0 aromatic heterocycles. The molecular weight excluding hydrogens is 308 g/mol. The Bertz CT molecular complexity index is 556. The van der Waals surface area contributed by atoms with Gasteiger partial charge in [-0.05, 0) is 18.1 Å². The maximum atomic E-state index is 11.5. The Morgan fingerprint density at radius 2 is 1.83 bits per heavy atom. The van der Waals surface area contributed by atoms with Crippen molar-refractivity contribution in [1.29, 1.82) is 0 Å². The first-order valence-electron chi connectivity index (χ1n) is 7.56. The van der Waals surface area contributed by atoms with Crippen molar-refractivity contribution in [3.05, 3.63) is 54.8 Å². The summed E-state index contributed by atoms with van der Waals surface area (Å²) in [6, 6.07) is 9.57. The summed E-state index contributed by atoms with van der Waals surface area (Å²) in [5.41, 5.74) is 0.855. The highest BCUT2D eigenvalue weighted by molar-refractivity contribution is 6.74. The zero-order valence-electron chi connectivity index (χ0n) is 14.6. The van der Waals surface area contributed by atoms with Gasteiger partial charge in [-0.15, -0.1) is 0 Å². The largest absolute Gasteiger partial charge is 0.541 e. The summed E-state index contributed by atoms with van der Waals surface area (Å²) in [6.07, 6.45) is 2.02. The van der Waals surface area contributed by atoms with E-state index in [1.54, 1.807) is 0 Å². The van der Waals surface area contributed by atoms with Crippen molar-refractivity contribution < 1.29 is 18.7 Å². The molecule has 0 aliphatic carbocycles. The Balaban J connectivity index is 2.99. The fourth-order valence-corrected chi connectivity index (χ4v) is 2.47. The highest BCUT2D eigenvalue weighted by Gasteiger charge is 2.39. The van der Waals surface area contributed by atoms with E-state index in [9.17, 15) is 4.79 Å². The second kappa shape index (κ2) is 8.01. The number of carbonyl (C=O) groups excluding carboxylic acids is 1. The van der Waals surface area contributed by atoms with Crippen LogP contribution >= 0.6 is 0 Å². The van der Waals surface area contributed by atoms with E-state index in [0.29, 0.717) is 5.76 Å². The normalized spacial score (nSPS) is 12.5. The second-order valence-corrected chi connectivity index (χ2v) is 11.4. The van der Waals surface area contributed by atoms with Crippen molar-refractivity contribution in [2.24, 2.45) is 0 Å². The minimum atomic E-state index is -2.06. The van der Waals surface area contributed by atoms with Gasteiger partial charge in [-0.2, -0.15) is 0 Å². The highest BCUT2D eigenvalue weighted by atomic mass is 28.4. The third-order valence-electron chi connectivity index (χ3n) is 3.81. The highest BCUT2D eigenvalue weighted by Crippen LogP contribution is 2.39. The van der Waals surface area contributed by atoms with Gasteiger partial charge >= 0.3 is 6.16 Å². The minimum Gasteiger partial charge on any atom is -0.541 e. The van der Waals surface area contributed by atoms with Crippen LogP contribution in [0.5, 0.6) is 0 Å². The summed E-state index contributed by atoms with van der Waals surface area (Å²) in [6.45, 7) is 14.3. The first kappa shape index (κ1) is 19.0. The average molecular weight is 334 g/mol. The molecule has 0 N–H and O–H groups in total. The minimum absolute atomic E-state index is 0.0320. The number of hydrogen-bond donors (Lipinski definition) is 0. The zero-order chi connectivity index (χ0) is 17.5. The Morgan fingerprint density at radius 3 is 2.35 bits per heavy atom. The van der Waals surface area contributed by atoms with Gasteiger partial charge in [0.05, 0.1) is 0 Å². The van der Waals surface area contributed by atoms with Crippen molar-refractivity contribution >= 4 is 20.2 Å². The lowest BCUT2D eigenvalue weighted by molar-refractivity contribution is 0.0938. The molecule has 4 nitrogen and oxygen atoms in total. The lowest BCUT2D eigenvalue weighted by atomic mass is 10.2. The van der Waals surface area contributed by atoms with E-state index >= 15 is 0 Å². The molecule has 0 atom stereocenters. The summed E-state index contributed by atoms with van der Waals surface area (Å²) in [7, 11) is -2.06. The van der Waals surface area contributed by atoms with Gasteiger partial charge < -0.3 is 13.9 Å². The van der Waals surface area contributed by atoms with Gasteiger partial charge in [0.25, 0.3) is 8.32 Å². The fraction of sp³-hybridized carbons (Fsp3) is 0.389. The van der Waals surface area contributed by atoms with Crippen LogP contribution in [0.25, 0.3) is 5.76 Å². The van der Waals surface area contributed by atoms with E-state index in [1.165, 1.54) is 12.3 Å². The first-order valence-corrected chi connectivity index (χ1v) is 10.5. The van der Waals surface area contributed by atoms with Crippen LogP contribution in [0, 0.1) is 0 Å². The van der Waals surface area contributed by atoms with Crippen molar-refractivity contribution in [2.75, 3.05) is 6.61 Å². The summed E-state index contributed by atoms with van der Waals surface area (Å²) in [5, 5.41) is 0.0320. The number of rotatable bonds is 6. The molecule has 1 aromatic rings. The summed E-state index contributed by atoms with van der Waals surface area (Å²) >= 11 is 0. The standard InChI is InChI=1S/C18H26O4Si/c1-7-13-20-17(19)21-14-16(15-11-9-8-10-12-15)22-23(5,6)18(2,3)4/h7-12,14H,1,13H2,2-6H3/b16-14+. The van der Waals surface area contributed by atoms with Gasteiger partial charge in [-0.25, -0.2) is 4.79 Å². The van der Waals surface area contributed by atoms with Gasteiger partial charge in [-0.1, -0.05) is 63.8 Å². The van der Waals surface area contributed by atoms with Crippen molar-refractivity contribution in [2.45, 2.75) is 38.9 Å². The number of hydrogen-bond acceptors (Lipinski definition) is 4. The topological polar surface area (TPSA) is 44.8 Å². The molecule has 1 rings (SSSR count). The predicted octanol–water partition coefficient (Wildman–Crippen LogP) is 5.35. The molecule has 126 valence electrons. The zero-order valence-corrected chi connectivity index (χ0v) is 15.6.